The Morgan fingerprint density at radius 3 is 2.55 bits per heavy atom. The summed E-state index contributed by atoms with van der Waals surface area (Å²) >= 11 is 0. The first-order valence-corrected chi connectivity index (χ1v) is 7.01. The van der Waals surface area contributed by atoms with Gasteiger partial charge in [0.1, 0.15) is 0 Å². The molecule has 0 aliphatic carbocycles. The Balaban J connectivity index is 2.22. The van der Waals surface area contributed by atoms with Crippen LogP contribution in [-0.4, -0.2) is 18.1 Å². The highest BCUT2D eigenvalue weighted by Crippen LogP contribution is 2.23. The van der Waals surface area contributed by atoms with Gasteiger partial charge in [0.2, 0.25) is 0 Å². The molecule has 0 aliphatic rings. The van der Waals surface area contributed by atoms with Crippen LogP contribution in [-0.2, 0) is 13.0 Å². The number of nitrogens with zero attached hydrogens (tertiary/aromatic N) is 2. The first-order valence-electron chi connectivity index (χ1n) is 7.01. The zero-order valence-electron chi connectivity index (χ0n) is 12.5. The van der Waals surface area contributed by atoms with Gasteiger partial charge in [-0.05, 0) is 49.6 Å². The molecule has 106 valence electrons. The molecule has 0 aliphatic heterocycles. The lowest BCUT2D eigenvalue weighted by molar-refractivity contribution is 0.733. The lowest BCUT2D eigenvalue weighted by Gasteiger charge is -2.24. The molecule has 1 aromatic heterocycles. The van der Waals surface area contributed by atoms with Gasteiger partial charge in [-0.3, -0.25) is 4.98 Å². The molecule has 3 heteroatoms. The maximum Gasteiger partial charge on any atom is 0.0427 e. The number of nitrogens with two attached hydrogens (primary N) is 1. The highest BCUT2D eigenvalue weighted by Gasteiger charge is 2.10. The van der Waals surface area contributed by atoms with Crippen molar-refractivity contribution < 1.29 is 0 Å². The molecule has 0 spiro atoms. The molecule has 1 aromatic carbocycles. The van der Waals surface area contributed by atoms with Gasteiger partial charge in [-0.15, -0.1) is 0 Å². The summed E-state index contributed by atoms with van der Waals surface area (Å²) < 4.78 is 0. The molecule has 1 heterocycles. The lowest BCUT2D eigenvalue weighted by Crippen LogP contribution is -2.22. The summed E-state index contributed by atoms with van der Waals surface area (Å²) in [5.74, 6) is 0. The molecule has 0 radical (unpaired) electrons. The molecule has 20 heavy (non-hydrogen) atoms. The molecule has 0 saturated heterocycles. The number of pyridine rings is 1. The van der Waals surface area contributed by atoms with Gasteiger partial charge < -0.3 is 10.6 Å². The van der Waals surface area contributed by atoms with Crippen molar-refractivity contribution in [2.75, 3.05) is 11.9 Å². The predicted molar refractivity (Wildman–Crippen MR) is 84.9 cm³/mol. The number of hydrogen-bond acceptors (Lipinski definition) is 3. The number of rotatable bonds is 5. The molecule has 3 nitrogen and oxygen atoms in total. The van der Waals surface area contributed by atoms with Crippen LogP contribution in [0, 0.1) is 6.92 Å². The van der Waals surface area contributed by atoms with Gasteiger partial charge in [0, 0.05) is 37.7 Å². The molecule has 0 amide bonds. The Hall–Kier alpha value is -1.87. The summed E-state index contributed by atoms with van der Waals surface area (Å²) in [6.07, 6.45) is 4.57. The van der Waals surface area contributed by atoms with Crippen LogP contribution in [0.1, 0.15) is 23.6 Å². The van der Waals surface area contributed by atoms with E-state index in [1.54, 1.807) is 0 Å². The zero-order chi connectivity index (χ0) is 14.5. The van der Waals surface area contributed by atoms with Gasteiger partial charge in [0.25, 0.3) is 0 Å². The highest BCUT2D eigenvalue weighted by atomic mass is 15.1. The summed E-state index contributed by atoms with van der Waals surface area (Å²) in [7, 11) is 2.12. The summed E-state index contributed by atoms with van der Waals surface area (Å²) in [6, 6.07) is 10.9. The highest BCUT2D eigenvalue weighted by molar-refractivity contribution is 5.55. The van der Waals surface area contributed by atoms with Crippen molar-refractivity contribution in [3.63, 3.8) is 0 Å². The number of anilines is 1. The third-order valence-corrected chi connectivity index (χ3v) is 3.36. The average molecular weight is 269 g/mol. The standard InChI is InChI=1S/C17H23N3/c1-13-4-5-17(16(10-13)11-14(2)18)20(3)12-15-6-8-19-9-7-15/h4-10,14H,11-12,18H2,1-3H3. The van der Waals surface area contributed by atoms with Crippen molar-refractivity contribution in [2.45, 2.75) is 32.9 Å². The first kappa shape index (κ1) is 14.5. The molecule has 2 aromatic rings. The average Bonchev–Trinajstić information content (AvgIpc) is 2.39. The molecular formula is C17H23N3. The topological polar surface area (TPSA) is 42.2 Å². The largest absolute Gasteiger partial charge is 0.370 e. The number of aromatic nitrogens is 1. The summed E-state index contributed by atoms with van der Waals surface area (Å²) in [4.78, 5) is 6.33. The van der Waals surface area contributed by atoms with Crippen molar-refractivity contribution in [1.29, 1.82) is 0 Å². The van der Waals surface area contributed by atoms with Gasteiger partial charge in [-0.1, -0.05) is 17.7 Å². The van der Waals surface area contributed by atoms with E-state index in [0.717, 1.165) is 13.0 Å². The Bertz CT molecular complexity index is 549. The van der Waals surface area contributed by atoms with Gasteiger partial charge in [-0.25, -0.2) is 0 Å². The van der Waals surface area contributed by atoms with Crippen LogP contribution in [0.2, 0.25) is 0 Å². The van der Waals surface area contributed by atoms with E-state index in [2.05, 4.69) is 61.1 Å². The third kappa shape index (κ3) is 3.81. The quantitative estimate of drug-likeness (QED) is 0.907. The molecule has 1 unspecified atom stereocenters. The van der Waals surface area contributed by atoms with Crippen LogP contribution in [0.15, 0.2) is 42.7 Å². The monoisotopic (exact) mass is 269 g/mol. The second-order valence-electron chi connectivity index (χ2n) is 5.53. The van der Waals surface area contributed by atoms with Crippen molar-refractivity contribution in [3.8, 4) is 0 Å². The van der Waals surface area contributed by atoms with Crippen LogP contribution < -0.4 is 10.6 Å². The van der Waals surface area contributed by atoms with E-state index in [4.69, 9.17) is 5.73 Å². The minimum Gasteiger partial charge on any atom is -0.370 e. The second-order valence-corrected chi connectivity index (χ2v) is 5.53. The molecule has 1 atom stereocenters. The Kier molecular flexibility index (Phi) is 4.74. The predicted octanol–water partition coefficient (Wildman–Crippen LogP) is 2.92. The fraction of sp³-hybridized carbons (Fsp3) is 0.353. The fourth-order valence-corrected chi connectivity index (χ4v) is 2.44. The maximum atomic E-state index is 5.97. The van der Waals surface area contributed by atoms with Crippen LogP contribution in [0.25, 0.3) is 0 Å². The van der Waals surface area contributed by atoms with E-state index in [0.29, 0.717) is 0 Å². The Labute approximate surface area is 121 Å². The molecule has 0 saturated carbocycles. The lowest BCUT2D eigenvalue weighted by atomic mass is 10.0. The van der Waals surface area contributed by atoms with Gasteiger partial charge in [-0.2, -0.15) is 0 Å². The van der Waals surface area contributed by atoms with Gasteiger partial charge in [0.05, 0.1) is 0 Å². The zero-order valence-corrected chi connectivity index (χ0v) is 12.5. The van der Waals surface area contributed by atoms with Crippen molar-refractivity contribution >= 4 is 5.69 Å². The smallest absolute Gasteiger partial charge is 0.0427 e. The third-order valence-electron chi connectivity index (χ3n) is 3.36. The minimum absolute atomic E-state index is 0.171. The van der Waals surface area contributed by atoms with E-state index in [-0.39, 0.29) is 6.04 Å². The number of hydrogen-bond donors (Lipinski definition) is 1. The summed E-state index contributed by atoms with van der Waals surface area (Å²) in [6.45, 7) is 5.05. The fourth-order valence-electron chi connectivity index (χ4n) is 2.44. The normalized spacial score (nSPS) is 12.2. The molecule has 2 rings (SSSR count). The Morgan fingerprint density at radius 2 is 1.90 bits per heavy atom. The van der Waals surface area contributed by atoms with Crippen LogP contribution >= 0.6 is 0 Å². The minimum atomic E-state index is 0.171. The van der Waals surface area contributed by atoms with Crippen molar-refractivity contribution in [3.05, 3.63) is 59.4 Å². The second kappa shape index (κ2) is 6.53. The van der Waals surface area contributed by atoms with Crippen molar-refractivity contribution in [1.82, 2.24) is 4.98 Å². The van der Waals surface area contributed by atoms with E-state index in [1.807, 2.05) is 12.4 Å². The van der Waals surface area contributed by atoms with Crippen LogP contribution in [0.4, 0.5) is 5.69 Å². The Morgan fingerprint density at radius 1 is 1.20 bits per heavy atom. The molecule has 0 fully saturated rings. The van der Waals surface area contributed by atoms with Crippen LogP contribution in [0.3, 0.4) is 0 Å². The van der Waals surface area contributed by atoms with Gasteiger partial charge >= 0.3 is 0 Å². The van der Waals surface area contributed by atoms with Gasteiger partial charge in [0.15, 0.2) is 0 Å². The number of benzene rings is 1. The molecular weight excluding hydrogens is 246 g/mol. The van der Waals surface area contributed by atoms with Crippen molar-refractivity contribution in [2.24, 2.45) is 5.73 Å². The van der Waals surface area contributed by atoms with Crippen LogP contribution in [0.5, 0.6) is 0 Å². The summed E-state index contributed by atoms with van der Waals surface area (Å²) in [5.41, 5.74) is 11.1. The van der Waals surface area contributed by atoms with E-state index >= 15 is 0 Å². The van der Waals surface area contributed by atoms with E-state index in [9.17, 15) is 0 Å². The van der Waals surface area contributed by atoms with E-state index < -0.39 is 0 Å². The molecule has 0 bridgehead atoms. The SMILES string of the molecule is Cc1ccc(N(C)Cc2ccncc2)c(CC(C)N)c1. The first-order chi connectivity index (χ1) is 9.56. The van der Waals surface area contributed by atoms with E-state index in [1.165, 1.54) is 22.4 Å². The number of aryl methyl sites for hydroxylation is 1. The maximum absolute atomic E-state index is 5.97. The molecule has 2 N–H and O–H groups in total. The summed E-state index contributed by atoms with van der Waals surface area (Å²) in [5, 5.41) is 0.